The van der Waals surface area contributed by atoms with Gasteiger partial charge in [0.25, 0.3) is 0 Å². The van der Waals surface area contributed by atoms with Crippen LogP contribution in [0.2, 0.25) is 0 Å². The Kier molecular flexibility index (Phi) is 3.34. The maximum atomic E-state index is 5.97. The van der Waals surface area contributed by atoms with E-state index in [2.05, 4.69) is 35.3 Å². The van der Waals surface area contributed by atoms with Gasteiger partial charge in [-0.05, 0) is 45.4 Å². The van der Waals surface area contributed by atoms with Crippen LogP contribution >= 0.6 is 0 Å². The minimum absolute atomic E-state index is 0.454. The van der Waals surface area contributed by atoms with E-state index in [0.717, 1.165) is 6.61 Å². The lowest BCUT2D eigenvalue weighted by Gasteiger charge is -2.62. The molecule has 1 spiro atoms. The van der Waals surface area contributed by atoms with Crippen LogP contribution in [0.3, 0.4) is 0 Å². The molecule has 0 aromatic carbocycles. The second-order valence-electron chi connectivity index (χ2n) is 7.10. The number of hydrogen-bond acceptors (Lipinski definition) is 3. The number of aryl methyl sites for hydroxylation is 1. The molecule has 0 amide bonds. The molecule has 116 valence electrons. The van der Waals surface area contributed by atoms with E-state index in [0.29, 0.717) is 23.6 Å². The normalized spacial score (nSPS) is 33.3. The summed E-state index contributed by atoms with van der Waals surface area (Å²) in [5.74, 6) is 0. The summed E-state index contributed by atoms with van der Waals surface area (Å²) >= 11 is 0. The summed E-state index contributed by atoms with van der Waals surface area (Å²) in [6.07, 6.45) is 11.6. The van der Waals surface area contributed by atoms with Crippen molar-refractivity contribution in [1.82, 2.24) is 15.1 Å². The molecule has 1 aromatic heterocycles. The number of nitrogens with one attached hydrogen (secondary N) is 1. The van der Waals surface area contributed by atoms with Crippen molar-refractivity contribution >= 4 is 0 Å². The topological polar surface area (TPSA) is 39.1 Å². The summed E-state index contributed by atoms with van der Waals surface area (Å²) in [6, 6.07) is 1.16. The van der Waals surface area contributed by atoms with E-state index < -0.39 is 0 Å². The third-order valence-electron chi connectivity index (χ3n) is 6.22. The second kappa shape index (κ2) is 5.10. The summed E-state index contributed by atoms with van der Waals surface area (Å²) in [6.45, 7) is 2.98. The van der Waals surface area contributed by atoms with Crippen molar-refractivity contribution < 1.29 is 4.74 Å². The molecule has 0 radical (unpaired) electrons. The molecule has 0 bridgehead atoms. The first-order valence-electron chi connectivity index (χ1n) is 8.63. The van der Waals surface area contributed by atoms with Crippen LogP contribution in [0, 0.1) is 5.41 Å². The molecule has 4 heteroatoms. The molecule has 1 heterocycles. The van der Waals surface area contributed by atoms with Crippen molar-refractivity contribution in [1.29, 1.82) is 0 Å². The van der Waals surface area contributed by atoms with Gasteiger partial charge in [-0.2, -0.15) is 5.10 Å². The van der Waals surface area contributed by atoms with E-state index in [1.807, 2.05) is 0 Å². The van der Waals surface area contributed by atoms with E-state index in [1.54, 1.807) is 0 Å². The minimum atomic E-state index is 0.454. The predicted octanol–water partition coefficient (Wildman–Crippen LogP) is 2.73. The zero-order valence-electron chi connectivity index (χ0n) is 13.3. The zero-order chi connectivity index (χ0) is 14.4. The highest BCUT2D eigenvalue weighted by molar-refractivity contribution is 5.26. The van der Waals surface area contributed by atoms with Crippen LogP contribution in [-0.2, 0) is 18.2 Å². The van der Waals surface area contributed by atoms with Crippen LogP contribution in [0.4, 0.5) is 0 Å². The first-order valence-corrected chi connectivity index (χ1v) is 8.63. The van der Waals surface area contributed by atoms with Crippen LogP contribution in [0.1, 0.15) is 62.7 Å². The van der Waals surface area contributed by atoms with Gasteiger partial charge in [0.15, 0.2) is 0 Å². The fraction of sp³-hybridized carbons (Fsp3) is 0.824. The van der Waals surface area contributed by atoms with Crippen molar-refractivity contribution in [3.8, 4) is 0 Å². The van der Waals surface area contributed by atoms with Gasteiger partial charge in [0, 0.05) is 42.4 Å². The standard InChI is InChI=1S/C17H27N3O/c1-3-21-16-10-15(17(16)8-5-9-17)19-13-6-4-7-14-12(13)11-18-20(14)2/h11,13,15-16,19H,3-10H2,1-2H3. The van der Waals surface area contributed by atoms with E-state index in [4.69, 9.17) is 4.74 Å². The third-order valence-corrected chi connectivity index (χ3v) is 6.22. The molecule has 4 rings (SSSR count). The van der Waals surface area contributed by atoms with Gasteiger partial charge in [-0.15, -0.1) is 0 Å². The largest absolute Gasteiger partial charge is 0.378 e. The minimum Gasteiger partial charge on any atom is -0.378 e. The number of nitrogens with zero attached hydrogens (tertiary/aromatic N) is 2. The van der Waals surface area contributed by atoms with Gasteiger partial charge in [0.05, 0.1) is 12.3 Å². The SMILES string of the molecule is CCOC1CC(NC2CCCc3c2cnn3C)C12CCC2. The Hall–Kier alpha value is -0.870. The molecule has 3 atom stereocenters. The Balaban J connectivity index is 1.48. The number of rotatable bonds is 4. The van der Waals surface area contributed by atoms with Crippen LogP contribution in [0.25, 0.3) is 0 Å². The Morgan fingerprint density at radius 3 is 3.00 bits per heavy atom. The van der Waals surface area contributed by atoms with Crippen molar-refractivity contribution in [2.45, 2.75) is 70.1 Å². The average molecular weight is 289 g/mol. The van der Waals surface area contributed by atoms with E-state index in [1.165, 1.54) is 56.2 Å². The Bertz CT molecular complexity index is 520. The van der Waals surface area contributed by atoms with Crippen LogP contribution in [-0.4, -0.2) is 28.5 Å². The van der Waals surface area contributed by atoms with Gasteiger partial charge in [-0.3, -0.25) is 4.68 Å². The third kappa shape index (κ3) is 1.99. The summed E-state index contributed by atoms with van der Waals surface area (Å²) < 4.78 is 8.03. The van der Waals surface area contributed by atoms with Crippen molar-refractivity contribution in [3.05, 3.63) is 17.5 Å². The average Bonchev–Trinajstić information content (AvgIpc) is 2.78. The number of hydrogen-bond donors (Lipinski definition) is 1. The predicted molar refractivity (Wildman–Crippen MR) is 82.1 cm³/mol. The van der Waals surface area contributed by atoms with Crippen LogP contribution in [0.5, 0.6) is 0 Å². The Morgan fingerprint density at radius 1 is 1.43 bits per heavy atom. The highest BCUT2D eigenvalue weighted by atomic mass is 16.5. The monoisotopic (exact) mass is 289 g/mol. The van der Waals surface area contributed by atoms with Crippen LogP contribution in [0.15, 0.2) is 6.20 Å². The molecule has 3 aliphatic rings. The molecular formula is C17H27N3O. The lowest BCUT2D eigenvalue weighted by molar-refractivity contribution is -0.175. The van der Waals surface area contributed by atoms with Gasteiger partial charge >= 0.3 is 0 Å². The molecule has 21 heavy (non-hydrogen) atoms. The van der Waals surface area contributed by atoms with Crippen LogP contribution < -0.4 is 5.32 Å². The quantitative estimate of drug-likeness (QED) is 0.926. The summed E-state index contributed by atoms with van der Waals surface area (Å²) in [7, 11) is 2.07. The first kappa shape index (κ1) is 13.8. The fourth-order valence-electron chi connectivity index (χ4n) is 4.79. The van der Waals surface area contributed by atoms with E-state index in [9.17, 15) is 0 Å². The maximum Gasteiger partial charge on any atom is 0.0661 e. The molecule has 3 unspecified atom stereocenters. The highest BCUT2D eigenvalue weighted by Crippen LogP contribution is 2.57. The van der Waals surface area contributed by atoms with E-state index in [-0.39, 0.29) is 0 Å². The summed E-state index contributed by atoms with van der Waals surface area (Å²) in [4.78, 5) is 0. The van der Waals surface area contributed by atoms with Gasteiger partial charge in [-0.1, -0.05) is 6.42 Å². The molecule has 3 aliphatic carbocycles. The molecule has 0 aliphatic heterocycles. The van der Waals surface area contributed by atoms with Gasteiger partial charge in [-0.25, -0.2) is 0 Å². The summed E-state index contributed by atoms with van der Waals surface area (Å²) in [5, 5.41) is 8.44. The Morgan fingerprint density at radius 2 is 2.29 bits per heavy atom. The fourth-order valence-corrected chi connectivity index (χ4v) is 4.79. The van der Waals surface area contributed by atoms with Gasteiger partial charge in [0.1, 0.15) is 0 Å². The zero-order valence-corrected chi connectivity index (χ0v) is 13.3. The lowest BCUT2D eigenvalue weighted by atomic mass is 9.50. The van der Waals surface area contributed by atoms with E-state index >= 15 is 0 Å². The molecule has 2 fully saturated rings. The molecule has 1 N–H and O–H groups in total. The molecule has 0 saturated heterocycles. The second-order valence-corrected chi connectivity index (χ2v) is 7.10. The van der Waals surface area contributed by atoms with Gasteiger partial charge < -0.3 is 10.1 Å². The molecule has 2 saturated carbocycles. The van der Waals surface area contributed by atoms with Crippen molar-refractivity contribution in [3.63, 3.8) is 0 Å². The molecular weight excluding hydrogens is 262 g/mol. The van der Waals surface area contributed by atoms with Crippen molar-refractivity contribution in [2.75, 3.05) is 6.61 Å². The molecule has 4 nitrogen and oxygen atoms in total. The lowest BCUT2D eigenvalue weighted by Crippen LogP contribution is -2.67. The smallest absolute Gasteiger partial charge is 0.0661 e. The maximum absolute atomic E-state index is 5.97. The number of fused-ring (bicyclic) bond motifs is 1. The summed E-state index contributed by atoms with van der Waals surface area (Å²) in [5.41, 5.74) is 3.33. The molecule has 1 aromatic rings. The van der Waals surface area contributed by atoms with Crippen molar-refractivity contribution in [2.24, 2.45) is 12.5 Å². The Labute approximate surface area is 127 Å². The van der Waals surface area contributed by atoms with Gasteiger partial charge in [0.2, 0.25) is 0 Å². The number of aromatic nitrogens is 2. The first-order chi connectivity index (χ1) is 10.2. The number of ether oxygens (including phenoxy) is 1. The highest BCUT2D eigenvalue weighted by Gasteiger charge is 2.59.